The molecule has 0 amide bonds. The van der Waals surface area contributed by atoms with Crippen LogP contribution < -0.4 is 10.6 Å². The van der Waals surface area contributed by atoms with Gasteiger partial charge in [0.25, 0.3) is 0 Å². The zero-order chi connectivity index (χ0) is 12.1. The van der Waals surface area contributed by atoms with Gasteiger partial charge in [0.15, 0.2) is 15.8 Å². The van der Waals surface area contributed by atoms with E-state index < -0.39 is 0 Å². The highest BCUT2D eigenvalue weighted by atomic mass is 32.1. The van der Waals surface area contributed by atoms with Crippen LogP contribution in [0.2, 0.25) is 0 Å². The van der Waals surface area contributed by atoms with Gasteiger partial charge in [-0.15, -0.1) is 0 Å². The van der Waals surface area contributed by atoms with Gasteiger partial charge in [-0.05, 0) is 17.7 Å². The second kappa shape index (κ2) is 5.27. The summed E-state index contributed by atoms with van der Waals surface area (Å²) in [6, 6.07) is 5.97. The van der Waals surface area contributed by atoms with Crippen LogP contribution in [0.4, 0.5) is 10.9 Å². The average molecular weight is 245 g/mol. The van der Waals surface area contributed by atoms with Gasteiger partial charge in [0, 0.05) is 26.0 Å². The Balaban J connectivity index is 2.09. The molecule has 0 saturated carbocycles. The quantitative estimate of drug-likeness (QED) is 0.862. The summed E-state index contributed by atoms with van der Waals surface area (Å²) in [5.41, 5.74) is 1.10. The average Bonchev–Trinajstić information content (AvgIpc) is 2.80. The summed E-state index contributed by atoms with van der Waals surface area (Å²) in [5, 5.41) is 15.8. The van der Waals surface area contributed by atoms with Crippen molar-refractivity contribution in [1.82, 2.24) is 9.97 Å². The molecule has 0 aromatic carbocycles. The lowest BCUT2D eigenvalue weighted by molar-refractivity contribution is 1.10. The van der Waals surface area contributed by atoms with Crippen LogP contribution in [0.5, 0.6) is 0 Å². The fraction of sp³-hybridized carbons (Fsp3) is 0.182. The number of anilines is 2. The summed E-state index contributed by atoms with van der Waals surface area (Å²) in [6.45, 7) is 0.629. The molecular weight excluding hydrogens is 234 g/mol. The van der Waals surface area contributed by atoms with Crippen LogP contribution in [-0.2, 0) is 6.54 Å². The van der Waals surface area contributed by atoms with E-state index >= 15 is 0 Å². The van der Waals surface area contributed by atoms with Gasteiger partial charge in [0.1, 0.15) is 6.07 Å². The lowest BCUT2D eigenvalue weighted by atomic mass is 10.3. The van der Waals surface area contributed by atoms with Crippen molar-refractivity contribution in [2.24, 2.45) is 0 Å². The topological polar surface area (TPSA) is 73.6 Å². The van der Waals surface area contributed by atoms with E-state index in [-0.39, 0.29) is 0 Å². The predicted molar refractivity (Wildman–Crippen MR) is 67.9 cm³/mol. The van der Waals surface area contributed by atoms with Crippen molar-refractivity contribution in [2.75, 3.05) is 17.7 Å². The zero-order valence-electron chi connectivity index (χ0n) is 9.27. The van der Waals surface area contributed by atoms with Crippen LogP contribution in [-0.4, -0.2) is 17.0 Å². The highest BCUT2D eigenvalue weighted by Crippen LogP contribution is 2.26. The SMILES string of the molecule is CNc1nc(NCc2ccncc2)c(C#N)s1. The normalized spacial score (nSPS) is 9.65. The monoisotopic (exact) mass is 245 g/mol. The molecule has 2 rings (SSSR count). The molecule has 0 bridgehead atoms. The van der Waals surface area contributed by atoms with E-state index in [4.69, 9.17) is 5.26 Å². The minimum Gasteiger partial charge on any atom is -0.364 e. The first-order valence-electron chi connectivity index (χ1n) is 5.05. The van der Waals surface area contributed by atoms with E-state index in [1.807, 2.05) is 12.1 Å². The minimum atomic E-state index is 0.586. The molecule has 2 N–H and O–H groups in total. The Kier molecular flexibility index (Phi) is 3.52. The lowest BCUT2D eigenvalue weighted by Crippen LogP contribution is -2.01. The number of aromatic nitrogens is 2. The molecule has 0 aliphatic rings. The highest BCUT2D eigenvalue weighted by molar-refractivity contribution is 7.16. The number of rotatable bonds is 4. The molecule has 0 fully saturated rings. The summed E-state index contributed by atoms with van der Waals surface area (Å²) >= 11 is 1.34. The van der Waals surface area contributed by atoms with Gasteiger partial charge >= 0.3 is 0 Å². The first-order valence-corrected chi connectivity index (χ1v) is 5.86. The first-order chi connectivity index (χ1) is 8.33. The Labute approximate surface area is 103 Å². The van der Waals surface area contributed by atoms with Crippen LogP contribution >= 0.6 is 11.3 Å². The number of nitriles is 1. The zero-order valence-corrected chi connectivity index (χ0v) is 10.1. The summed E-state index contributed by atoms with van der Waals surface area (Å²) < 4.78 is 0. The Hall–Kier alpha value is -2.13. The number of thiazole rings is 1. The van der Waals surface area contributed by atoms with Crippen molar-refractivity contribution >= 4 is 22.3 Å². The third-order valence-electron chi connectivity index (χ3n) is 2.15. The van der Waals surface area contributed by atoms with Crippen molar-refractivity contribution in [3.63, 3.8) is 0 Å². The predicted octanol–water partition coefficient (Wildman–Crippen LogP) is 2.06. The Morgan fingerprint density at radius 3 is 2.82 bits per heavy atom. The second-order valence-corrected chi connectivity index (χ2v) is 4.27. The standard InChI is InChI=1S/C11H11N5S/c1-13-11-16-10(9(6-12)17-11)15-7-8-2-4-14-5-3-8/h2-5,15H,7H2,1H3,(H,13,16). The third kappa shape index (κ3) is 2.71. The molecule has 86 valence electrons. The van der Waals surface area contributed by atoms with Crippen LogP contribution in [0.3, 0.4) is 0 Å². The van der Waals surface area contributed by atoms with E-state index in [2.05, 4.69) is 26.7 Å². The highest BCUT2D eigenvalue weighted by Gasteiger charge is 2.09. The van der Waals surface area contributed by atoms with Gasteiger partial charge in [-0.1, -0.05) is 11.3 Å². The molecule has 0 atom stereocenters. The summed E-state index contributed by atoms with van der Waals surface area (Å²) in [5.74, 6) is 0.624. The molecule has 17 heavy (non-hydrogen) atoms. The van der Waals surface area contributed by atoms with Crippen LogP contribution in [0, 0.1) is 11.3 Å². The fourth-order valence-electron chi connectivity index (χ4n) is 1.31. The van der Waals surface area contributed by atoms with Gasteiger partial charge in [0.2, 0.25) is 0 Å². The van der Waals surface area contributed by atoms with Crippen LogP contribution in [0.25, 0.3) is 0 Å². The Morgan fingerprint density at radius 2 is 2.18 bits per heavy atom. The number of nitrogens with one attached hydrogen (secondary N) is 2. The molecule has 0 aliphatic heterocycles. The second-order valence-electron chi connectivity index (χ2n) is 3.27. The van der Waals surface area contributed by atoms with E-state index in [0.717, 1.165) is 10.7 Å². The molecule has 0 unspecified atom stereocenters. The van der Waals surface area contributed by atoms with E-state index in [1.54, 1.807) is 19.4 Å². The van der Waals surface area contributed by atoms with Gasteiger partial charge in [-0.25, -0.2) is 4.98 Å². The molecule has 2 heterocycles. The van der Waals surface area contributed by atoms with Gasteiger partial charge in [0.05, 0.1) is 0 Å². The number of nitrogens with zero attached hydrogens (tertiary/aromatic N) is 3. The van der Waals surface area contributed by atoms with Crippen LogP contribution in [0.15, 0.2) is 24.5 Å². The van der Waals surface area contributed by atoms with Gasteiger partial charge < -0.3 is 10.6 Å². The van der Waals surface area contributed by atoms with Gasteiger partial charge in [-0.2, -0.15) is 5.26 Å². The van der Waals surface area contributed by atoms with Crippen molar-refractivity contribution in [3.8, 4) is 6.07 Å². The summed E-state index contributed by atoms with van der Waals surface area (Å²) in [6.07, 6.45) is 3.48. The van der Waals surface area contributed by atoms with Crippen molar-refractivity contribution < 1.29 is 0 Å². The molecule has 0 spiro atoms. The number of pyridine rings is 1. The van der Waals surface area contributed by atoms with Crippen molar-refractivity contribution in [3.05, 3.63) is 35.0 Å². The largest absolute Gasteiger partial charge is 0.364 e. The molecule has 6 heteroatoms. The molecule has 0 aliphatic carbocycles. The molecule has 2 aromatic heterocycles. The maximum Gasteiger partial charge on any atom is 0.185 e. The maximum absolute atomic E-state index is 8.97. The smallest absolute Gasteiger partial charge is 0.185 e. The molecule has 0 saturated heterocycles. The van der Waals surface area contributed by atoms with Crippen LogP contribution in [0.1, 0.15) is 10.4 Å². The molecule has 5 nitrogen and oxygen atoms in total. The summed E-state index contributed by atoms with van der Waals surface area (Å²) in [7, 11) is 1.78. The van der Waals surface area contributed by atoms with Crippen molar-refractivity contribution in [1.29, 1.82) is 5.26 Å². The van der Waals surface area contributed by atoms with E-state index in [0.29, 0.717) is 17.2 Å². The lowest BCUT2D eigenvalue weighted by Gasteiger charge is -2.02. The summed E-state index contributed by atoms with van der Waals surface area (Å²) in [4.78, 5) is 8.81. The fourth-order valence-corrected chi connectivity index (χ4v) is 2.00. The number of hydrogen-bond acceptors (Lipinski definition) is 6. The third-order valence-corrected chi connectivity index (χ3v) is 3.13. The molecular formula is C11H11N5S. The van der Waals surface area contributed by atoms with Crippen molar-refractivity contribution in [2.45, 2.75) is 6.54 Å². The Morgan fingerprint density at radius 1 is 1.41 bits per heavy atom. The van der Waals surface area contributed by atoms with E-state index in [9.17, 15) is 0 Å². The molecule has 2 aromatic rings. The molecule has 0 radical (unpaired) electrons. The van der Waals surface area contributed by atoms with Gasteiger partial charge in [-0.3, -0.25) is 4.98 Å². The Bertz CT molecular complexity index is 529. The van der Waals surface area contributed by atoms with E-state index in [1.165, 1.54) is 11.3 Å². The minimum absolute atomic E-state index is 0.586. The maximum atomic E-state index is 8.97. The first kappa shape index (κ1) is 11.4. The number of hydrogen-bond donors (Lipinski definition) is 2.